The standard InChI is InChI=1S/C24H18ClNO4/c1-15(23(28)16-10-12-17(25)13-11-16)30-22(27)14-26-20-8-4-2-6-18(20)24(29)19-7-3-5-9-21(19)26/h2-13,15H,14H2,1H3. The Labute approximate surface area is 177 Å². The Kier molecular flexibility index (Phi) is 5.38. The number of hydrogen-bond donors (Lipinski definition) is 0. The van der Waals surface area contributed by atoms with Crippen molar-refractivity contribution in [1.82, 2.24) is 4.57 Å². The summed E-state index contributed by atoms with van der Waals surface area (Å²) in [5.41, 5.74) is 1.60. The third-order valence-corrected chi connectivity index (χ3v) is 5.22. The monoisotopic (exact) mass is 419 g/mol. The fourth-order valence-corrected chi connectivity index (χ4v) is 3.64. The molecule has 0 radical (unpaired) electrons. The van der Waals surface area contributed by atoms with E-state index in [4.69, 9.17) is 16.3 Å². The highest BCUT2D eigenvalue weighted by Crippen LogP contribution is 2.19. The Morgan fingerprint density at radius 2 is 1.43 bits per heavy atom. The highest BCUT2D eigenvalue weighted by molar-refractivity contribution is 6.30. The Balaban J connectivity index is 1.64. The second-order valence-electron chi connectivity index (χ2n) is 6.95. The Morgan fingerprint density at radius 3 is 2.00 bits per heavy atom. The first-order chi connectivity index (χ1) is 14.5. The quantitative estimate of drug-likeness (QED) is 0.269. The predicted molar refractivity (Wildman–Crippen MR) is 117 cm³/mol. The molecule has 0 aliphatic heterocycles. The number of nitrogens with zero attached hydrogens (tertiary/aromatic N) is 1. The van der Waals surface area contributed by atoms with Gasteiger partial charge in [-0.1, -0.05) is 35.9 Å². The smallest absolute Gasteiger partial charge is 0.326 e. The fourth-order valence-electron chi connectivity index (χ4n) is 3.51. The van der Waals surface area contributed by atoms with Gasteiger partial charge in [0.05, 0.1) is 11.0 Å². The summed E-state index contributed by atoms with van der Waals surface area (Å²) >= 11 is 5.86. The molecule has 3 aromatic carbocycles. The van der Waals surface area contributed by atoms with Gasteiger partial charge in [-0.05, 0) is 55.5 Å². The van der Waals surface area contributed by atoms with E-state index in [0.29, 0.717) is 32.4 Å². The number of Topliss-reactive ketones (excluding diaryl/α,β-unsaturated/α-hetero) is 1. The molecule has 0 saturated carbocycles. The number of carbonyl (C=O) groups excluding carboxylic acids is 2. The fraction of sp³-hybridized carbons (Fsp3) is 0.125. The molecular formula is C24H18ClNO4. The van der Waals surface area contributed by atoms with E-state index in [9.17, 15) is 14.4 Å². The number of aromatic nitrogens is 1. The van der Waals surface area contributed by atoms with Crippen LogP contribution in [0.4, 0.5) is 0 Å². The summed E-state index contributed by atoms with van der Waals surface area (Å²) in [6, 6.07) is 20.7. The van der Waals surface area contributed by atoms with Gasteiger partial charge in [-0.3, -0.25) is 14.4 Å². The van der Waals surface area contributed by atoms with E-state index in [1.807, 2.05) is 12.1 Å². The number of halogens is 1. The average molecular weight is 420 g/mol. The van der Waals surface area contributed by atoms with Gasteiger partial charge in [0.25, 0.3) is 0 Å². The minimum Gasteiger partial charge on any atom is -0.453 e. The second kappa shape index (κ2) is 8.13. The highest BCUT2D eigenvalue weighted by atomic mass is 35.5. The number of rotatable bonds is 5. The van der Waals surface area contributed by atoms with Gasteiger partial charge in [0.2, 0.25) is 5.78 Å². The number of pyridine rings is 1. The Morgan fingerprint density at radius 1 is 0.900 bits per heavy atom. The van der Waals surface area contributed by atoms with E-state index in [2.05, 4.69) is 0 Å². The minimum atomic E-state index is -0.949. The van der Waals surface area contributed by atoms with Crippen LogP contribution >= 0.6 is 11.6 Å². The van der Waals surface area contributed by atoms with Crippen LogP contribution < -0.4 is 5.43 Å². The maximum absolute atomic E-state index is 12.8. The van der Waals surface area contributed by atoms with Crippen LogP contribution in [0, 0.1) is 0 Å². The number of benzene rings is 3. The molecule has 1 unspecified atom stereocenters. The number of para-hydroxylation sites is 2. The molecule has 4 rings (SSSR count). The first-order valence-electron chi connectivity index (χ1n) is 9.45. The van der Waals surface area contributed by atoms with Gasteiger partial charge in [-0.2, -0.15) is 0 Å². The van der Waals surface area contributed by atoms with Gasteiger partial charge in [-0.15, -0.1) is 0 Å². The number of esters is 1. The number of hydrogen-bond acceptors (Lipinski definition) is 4. The zero-order valence-corrected chi connectivity index (χ0v) is 16.9. The van der Waals surface area contributed by atoms with Crippen molar-refractivity contribution in [2.24, 2.45) is 0 Å². The number of ether oxygens (including phenoxy) is 1. The molecule has 4 aromatic rings. The maximum Gasteiger partial charge on any atom is 0.326 e. The van der Waals surface area contributed by atoms with Gasteiger partial charge < -0.3 is 9.30 Å². The normalized spacial score (nSPS) is 12.1. The lowest BCUT2D eigenvalue weighted by atomic mass is 10.1. The van der Waals surface area contributed by atoms with Crippen molar-refractivity contribution in [3.8, 4) is 0 Å². The molecule has 0 bridgehead atoms. The third-order valence-electron chi connectivity index (χ3n) is 4.97. The first-order valence-corrected chi connectivity index (χ1v) is 9.83. The summed E-state index contributed by atoms with van der Waals surface area (Å²) in [5.74, 6) is -0.876. The molecule has 150 valence electrons. The van der Waals surface area contributed by atoms with E-state index >= 15 is 0 Å². The lowest BCUT2D eigenvalue weighted by Gasteiger charge is -2.17. The summed E-state index contributed by atoms with van der Waals surface area (Å²) in [7, 11) is 0. The molecule has 1 aromatic heterocycles. The predicted octanol–water partition coefficient (Wildman–Crippen LogP) is 4.62. The van der Waals surface area contributed by atoms with Crippen LogP contribution in [0.3, 0.4) is 0 Å². The van der Waals surface area contributed by atoms with E-state index in [0.717, 1.165) is 0 Å². The van der Waals surface area contributed by atoms with Crippen LogP contribution in [0.2, 0.25) is 5.02 Å². The maximum atomic E-state index is 12.8. The molecule has 30 heavy (non-hydrogen) atoms. The van der Waals surface area contributed by atoms with Crippen molar-refractivity contribution in [1.29, 1.82) is 0 Å². The van der Waals surface area contributed by atoms with Crippen molar-refractivity contribution in [2.75, 3.05) is 0 Å². The largest absolute Gasteiger partial charge is 0.453 e. The van der Waals surface area contributed by atoms with Crippen LogP contribution in [0.1, 0.15) is 17.3 Å². The first kappa shape index (κ1) is 19.9. The van der Waals surface area contributed by atoms with Gasteiger partial charge in [-0.25, -0.2) is 0 Å². The summed E-state index contributed by atoms with van der Waals surface area (Å²) in [4.78, 5) is 38.0. The van der Waals surface area contributed by atoms with E-state index in [-0.39, 0.29) is 17.8 Å². The van der Waals surface area contributed by atoms with Crippen LogP contribution in [0.5, 0.6) is 0 Å². The van der Waals surface area contributed by atoms with Crippen LogP contribution in [0.15, 0.2) is 77.6 Å². The van der Waals surface area contributed by atoms with Gasteiger partial charge in [0.15, 0.2) is 11.5 Å². The molecule has 5 nitrogen and oxygen atoms in total. The summed E-state index contributed by atoms with van der Waals surface area (Å²) in [6.07, 6.45) is -0.949. The third kappa shape index (κ3) is 3.72. The van der Waals surface area contributed by atoms with Crippen molar-refractivity contribution in [2.45, 2.75) is 19.6 Å². The molecule has 0 saturated heterocycles. The lowest BCUT2D eigenvalue weighted by molar-refractivity contribution is -0.146. The second-order valence-corrected chi connectivity index (χ2v) is 7.39. The van der Waals surface area contributed by atoms with E-state index in [1.54, 1.807) is 65.2 Å². The van der Waals surface area contributed by atoms with Crippen molar-refractivity contribution < 1.29 is 14.3 Å². The zero-order valence-electron chi connectivity index (χ0n) is 16.2. The van der Waals surface area contributed by atoms with Crippen molar-refractivity contribution in [3.63, 3.8) is 0 Å². The molecule has 0 amide bonds. The van der Waals surface area contributed by atoms with Crippen LogP contribution in [0.25, 0.3) is 21.8 Å². The van der Waals surface area contributed by atoms with E-state index < -0.39 is 12.1 Å². The molecule has 1 heterocycles. The van der Waals surface area contributed by atoms with Crippen molar-refractivity contribution in [3.05, 3.63) is 93.6 Å². The zero-order chi connectivity index (χ0) is 21.3. The molecule has 1 atom stereocenters. The Bertz CT molecular complexity index is 1260. The number of carbonyl (C=O) groups is 2. The summed E-state index contributed by atoms with van der Waals surface area (Å²) in [5, 5.41) is 1.57. The minimum absolute atomic E-state index is 0.0860. The number of ketones is 1. The van der Waals surface area contributed by atoms with Crippen LogP contribution in [-0.2, 0) is 16.1 Å². The molecule has 6 heteroatoms. The number of fused-ring (bicyclic) bond motifs is 2. The Hall–Kier alpha value is -3.44. The molecule has 0 aliphatic rings. The van der Waals surface area contributed by atoms with E-state index in [1.165, 1.54) is 6.92 Å². The topological polar surface area (TPSA) is 65.4 Å². The van der Waals surface area contributed by atoms with Crippen LogP contribution in [-0.4, -0.2) is 22.4 Å². The molecular weight excluding hydrogens is 402 g/mol. The van der Waals surface area contributed by atoms with Crippen molar-refractivity contribution >= 4 is 45.2 Å². The molecule has 0 N–H and O–H groups in total. The summed E-state index contributed by atoms with van der Waals surface area (Å²) < 4.78 is 7.15. The summed E-state index contributed by atoms with van der Waals surface area (Å²) in [6.45, 7) is 1.41. The molecule has 0 aliphatic carbocycles. The molecule has 0 fully saturated rings. The SMILES string of the molecule is CC(OC(=O)Cn1c2ccccc2c(=O)c2ccccc21)C(=O)c1ccc(Cl)cc1. The molecule has 0 spiro atoms. The van der Waals surface area contributed by atoms with Gasteiger partial charge in [0.1, 0.15) is 6.54 Å². The lowest BCUT2D eigenvalue weighted by Crippen LogP contribution is -2.27. The van der Waals surface area contributed by atoms with Gasteiger partial charge >= 0.3 is 5.97 Å². The average Bonchev–Trinajstić information content (AvgIpc) is 2.76. The highest BCUT2D eigenvalue weighted by Gasteiger charge is 2.21. The van der Waals surface area contributed by atoms with Gasteiger partial charge in [0, 0.05) is 21.4 Å².